The van der Waals surface area contributed by atoms with Gasteiger partial charge in [-0.25, -0.2) is 12.7 Å². The monoisotopic (exact) mass is 464 g/mol. The van der Waals surface area contributed by atoms with Crippen molar-refractivity contribution in [3.63, 3.8) is 0 Å². The summed E-state index contributed by atoms with van der Waals surface area (Å²) in [7, 11) is 0.965. The first-order valence-electron chi connectivity index (χ1n) is 10.2. The second-order valence-electron chi connectivity index (χ2n) is 7.98. The van der Waals surface area contributed by atoms with E-state index in [-0.39, 0.29) is 27.4 Å². The van der Waals surface area contributed by atoms with Gasteiger partial charge in [-0.05, 0) is 43.0 Å². The molecule has 31 heavy (non-hydrogen) atoms. The molecule has 1 amide bonds. The van der Waals surface area contributed by atoms with Gasteiger partial charge in [0.2, 0.25) is 10.0 Å². The minimum atomic E-state index is -3.64. The van der Waals surface area contributed by atoms with E-state index in [1.165, 1.54) is 37.9 Å². The lowest BCUT2D eigenvalue weighted by Gasteiger charge is -2.20. The van der Waals surface area contributed by atoms with E-state index < -0.39 is 10.0 Å². The summed E-state index contributed by atoms with van der Waals surface area (Å²) < 4.78 is 25.9. The van der Waals surface area contributed by atoms with Crippen LogP contribution in [0.5, 0.6) is 0 Å². The van der Waals surface area contributed by atoms with Crippen LogP contribution in [0.3, 0.4) is 0 Å². The molecule has 1 aliphatic heterocycles. The fraction of sp³-hybridized carbons (Fsp3) is 0.409. The summed E-state index contributed by atoms with van der Waals surface area (Å²) in [5.41, 5.74) is 8.12. The lowest BCUT2D eigenvalue weighted by molar-refractivity contribution is 0.0791. The lowest BCUT2D eigenvalue weighted by atomic mass is 10.00. The van der Waals surface area contributed by atoms with Crippen LogP contribution in [0.25, 0.3) is 0 Å². The third-order valence-corrected chi connectivity index (χ3v) is 7.66. The number of sulfonamides is 1. The molecule has 0 aliphatic carbocycles. The maximum absolute atomic E-state index is 12.9. The average molecular weight is 465 g/mol. The molecule has 1 saturated heterocycles. The SMILES string of the molecule is CN(CCCC1CC(c2ccccc2)NN1)C(=O)c1cc(S(=O)(=O)N(C)C)ccc1Cl. The molecule has 0 bridgehead atoms. The number of hydrogen-bond donors (Lipinski definition) is 2. The highest BCUT2D eigenvalue weighted by Gasteiger charge is 2.25. The Balaban J connectivity index is 1.55. The van der Waals surface area contributed by atoms with Crippen LogP contribution in [0.4, 0.5) is 0 Å². The van der Waals surface area contributed by atoms with Crippen molar-refractivity contribution in [1.82, 2.24) is 20.1 Å². The van der Waals surface area contributed by atoms with Crippen molar-refractivity contribution in [3.05, 3.63) is 64.7 Å². The molecule has 7 nitrogen and oxygen atoms in total. The van der Waals surface area contributed by atoms with Crippen LogP contribution in [0, 0.1) is 0 Å². The van der Waals surface area contributed by atoms with Gasteiger partial charge in [-0.15, -0.1) is 0 Å². The molecule has 2 atom stereocenters. The van der Waals surface area contributed by atoms with Crippen LogP contribution in [0.1, 0.15) is 41.2 Å². The molecule has 1 fully saturated rings. The molecule has 2 aromatic rings. The van der Waals surface area contributed by atoms with Gasteiger partial charge in [-0.3, -0.25) is 15.6 Å². The van der Waals surface area contributed by atoms with Crippen molar-refractivity contribution in [2.45, 2.75) is 36.2 Å². The lowest BCUT2D eigenvalue weighted by Crippen LogP contribution is -2.32. The van der Waals surface area contributed by atoms with E-state index in [1.54, 1.807) is 11.9 Å². The predicted octanol–water partition coefficient (Wildman–Crippen LogP) is 3.05. The minimum absolute atomic E-state index is 0.0480. The molecule has 2 N–H and O–H groups in total. The molecule has 0 saturated carbocycles. The number of nitrogens with zero attached hydrogens (tertiary/aromatic N) is 2. The Hall–Kier alpha value is -1.97. The third-order valence-electron chi connectivity index (χ3n) is 5.52. The van der Waals surface area contributed by atoms with Crippen LogP contribution in [-0.2, 0) is 10.0 Å². The van der Waals surface area contributed by atoms with Crippen molar-refractivity contribution in [2.24, 2.45) is 0 Å². The van der Waals surface area contributed by atoms with Crippen LogP contribution < -0.4 is 10.9 Å². The molecule has 2 unspecified atom stereocenters. The molecule has 168 valence electrons. The van der Waals surface area contributed by atoms with Gasteiger partial charge < -0.3 is 4.90 Å². The largest absolute Gasteiger partial charge is 0.342 e. The van der Waals surface area contributed by atoms with Crippen LogP contribution >= 0.6 is 11.6 Å². The third kappa shape index (κ3) is 5.64. The van der Waals surface area contributed by atoms with E-state index in [1.807, 2.05) is 18.2 Å². The number of hydrogen-bond acceptors (Lipinski definition) is 5. The van der Waals surface area contributed by atoms with Gasteiger partial charge in [-0.2, -0.15) is 0 Å². The topological polar surface area (TPSA) is 81.7 Å². The first-order chi connectivity index (χ1) is 14.7. The highest BCUT2D eigenvalue weighted by Crippen LogP contribution is 2.25. The van der Waals surface area contributed by atoms with E-state index in [9.17, 15) is 13.2 Å². The number of hydrazine groups is 1. The maximum Gasteiger partial charge on any atom is 0.255 e. The van der Waals surface area contributed by atoms with Crippen molar-refractivity contribution >= 4 is 27.5 Å². The Bertz CT molecular complexity index is 1010. The second kappa shape index (κ2) is 10.1. The van der Waals surface area contributed by atoms with Crippen molar-refractivity contribution in [1.29, 1.82) is 0 Å². The Morgan fingerprint density at radius 2 is 1.81 bits per heavy atom. The van der Waals surface area contributed by atoms with Crippen molar-refractivity contribution < 1.29 is 13.2 Å². The van der Waals surface area contributed by atoms with E-state index >= 15 is 0 Å². The summed E-state index contributed by atoms with van der Waals surface area (Å²) in [5.74, 6) is -0.291. The first-order valence-corrected chi connectivity index (χ1v) is 12.1. The number of carbonyl (C=O) groups is 1. The Labute approximate surface area is 189 Å². The molecule has 0 spiro atoms. The molecule has 0 aromatic heterocycles. The fourth-order valence-electron chi connectivity index (χ4n) is 3.64. The summed E-state index contributed by atoms with van der Waals surface area (Å²) in [6, 6.07) is 15.1. The summed E-state index contributed by atoms with van der Waals surface area (Å²) in [6.45, 7) is 0.550. The van der Waals surface area contributed by atoms with Gasteiger partial charge in [0, 0.05) is 39.8 Å². The van der Waals surface area contributed by atoms with Crippen molar-refractivity contribution in [2.75, 3.05) is 27.7 Å². The van der Waals surface area contributed by atoms with Gasteiger partial charge in [0.25, 0.3) is 5.91 Å². The first kappa shape index (κ1) is 23.7. The molecule has 3 rings (SSSR count). The molecule has 0 radical (unpaired) electrons. The van der Waals surface area contributed by atoms with Gasteiger partial charge in [0.1, 0.15) is 0 Å². The normalized spacial score (nSPS) is 19.0. The summed E-state index contributed by atoms with van der Waals surface area (Å²) >= 11 is 6.20. The Morgan fingerprint density at radius 3 is 2.48 bits per heavy atom. The van der Waals surface area contributed by atoms with E-state index in [0.717, 1.165) is 23.6 Å². The van der Waals surface area contributed by atoms with Crippen molar-refractivity contribution in [3.8, 4) is 0 Å². The summed E-state index contributed by atoms with van der Waals surface area (Å²) in [4.78, 5) is 14.5. The highest BCUT2D eigenvalue weighted by molar-refractivity contribution is 7.89. The number of halogens is 1. The van der Waals surface area contributed by atoms with Gasteiger partial charge in [-0.1, -0.05) is 41.9 Å². The predicted molar refractivity (Wildman–Crippen MR) is 122 cm³/mol. The summed E-state index contributed by atoms with van der Waals surface area (Å²) in [5, 5.41) is 0.238. The smallest absolute Gasteiger partial charge is 0.255 e. The number of nitrogens with one attached hydrogen (secondary N) is 2. The Morgan fingerprint density at radius 1 is 1.10 bits per heavy atom. The molecule has 2 aromatic carbocycles. The number of carbonyl (C=O) groups excluding carboxylic acids is 1. The quantitative estimate of drug-likeness (QED) is 0.627. The zero-order valence-electron chi connectivity index (χ0n) is 18.0. The van der Waals surface area contributed by atoms with Gasteiger partial charge in [0.05, 0.1) is 15.5 Å². The fourth-order valence-corrected chi connectivity index (χ4v) is 4.76. The standard InChI is InChI=1S/C22H29ClN4O3S/c1-26(2)31(29,30)18-11-12-20(23)19(15-18)22(28)27(3)13-7-10-17-14-21(25-24-17)16-8-5-4-6-9-16/h4-6,8-9,11-12,15,17,21,24-25H,7,10,13-14H2,1-3H3. The molecule has 1 aliphatic rings. The van der Waals surface area contributed by atoms with Gasteiger partial charge >= 0.3 is 0 Å². The molecular weight excluding hydrogens is 436 g/mol. The number of amides is 1. The van der Waals surface area contributed by atoms with E-state index in [4.69, 9.17) is 11.6 Å². The average Bonchev–Trinajstić information content (AvgIpc) is 3.23. The van der Waals surface area contributed by atoms with E-state index in [2.05, 4.69) is 23.0 Å². The number of rotatable bonds is 8. The zero-order chi connectivity index (χ0) is 22.6. The van der Waals surface area contributed by atoms with E-state index in [0.29, 0.717) is 12.6 Å². The minimum Gasteiger partial charge on any atom is -0.342 e. The molecule has 1 heterocycles. The summed E-state index contributed by atoms with van der Waals surface area (Å²) in [6.07, 6.45) is 2.71. The zero-order valence-corrected chi connectivity index (χ0v) is 19.6. The molecular formula is C22H29ClN4O3S. The molecule has 9 heteroatoms. The number of benzene rings is 2. The second-order valence-corrected chi connectivity index (χ2v) is 10.5. The van der Waals surface area contributed by atoms with Gasteiger partial charge in [0.15, 0.2) is 0 Å². The Kier molecular flexibility index (Phi) is 7.72. The van der Waals surface area contributed by atoms with Crippen LogP contribution in [-0.4, -0.2) is 57.3 Å². The highest BCUT2D eigenvalue weighted by atomic mass is 35.5. The van der Waals surface area contributed by atoms with Crippen LogP contribution in [0.2, 0.25) is 5.02 Å². The van der Waals surface area contributed by atoms with Crippen LogP contribution in [0.15, 0.2) is 53.4 Å². The maximum atomic E-state index is 12.9.